The fourth-order valence-corrected chi connectivity index (χ4v) is 5.53. The van der Waals surface area contributed by atoms with Gasteiger partial charge >= 0.3 is 5.97 Å². The number of aromatic nitrogens is 2. The minimum Gasteiger partial charge on any atom is -0.437 e. The third-order valence-electron chi connectivity index (χ3n) is 6.27. The summed E-state index contributed by atoms with van der Waals surface area (Å²) in [6.07, 6.45) is 6.58. The number of piperidine rings is 1. The number of amides is 1. The molecule has 2 aromatic heterocycles. The van der Waals surface area contributed by atoms with E-state index in [4.69, 9.17) is 27.1 Å². The van der Waals surface area contributed by atoms with E-state index in [-0.39, 0.29) is 0 Å². The lowest BCUT2D eigenvalue weighted by Gasteiger charge is -2.34. The van der Waals surface area contributed by atoms with Crippen molar-refractivity contribution >= 4 is 50.8 Å². The molecule has 8 nitrogen and oxygen atoms in total. The maximum atomic E-state index is 13.1. The average Bonchev–Trinajstić information content (AvgIpc) is 3.51. The molecule has 1 saturated heterocycles. The normalized spacial score (nSPS) is 17.0. The van der Waals surface area contributed by atoms with Gasteiger partial charge in [-0.25, -0.2) is 14.8 Å². The molecule has 10 heteroatoms. The summed E-state index contributed by atoms with van der Waals surface area (Å²) in [7, 11) is 0. The molecule has 2 aliphatic rings. The average molecular weight is 498 g/mol. The van der Waals surface area contributed by atoms with Crippen molar-refractivity contribution in [3.8, 4) is 11.3 Å². The van der Waals surface area contributed by atoms with Crippen LogP contribution in [-0.4, -0.2) is 53.1 Å². The number of fused-ring (bicyclic) bond motifs is 1. The van der Waals surface area contributed by atoms with Gasteiger partial charge in [0.1, 0.15) is 0 Å². The van der Waals surface area contributed by atoms with Crippen molar-refractivity contribution in [3.63, 3.8) is 0 Å². The highest BCUT2D eigenvalue weighted by molar-refractivity contribution is 7.17. The second kappa shape index (κ2) is 8.98. The topological polar surface area (TPSA) is 110 Å². The zero-order chi connectivity index (χ0) is 23.9. The number of anilines is 1. The van der Waals surface area contributed by atoms with E-state index in [0.717, 1.165) is 42.7 Å². The van der Waals surface area contributed by atoms with Crippen LogP contribution in [0.25, 0.3) is 21.3 Å². The first-order chi connectivity index (χ1) is 16.4. The quantitative estimate of drug-likeness (QED) is 0.379. The highest BCUT2D eigenvalue weighted by Crippen LogP contribution is 2.40. The Balaban J connectivity index is 1.55. The first kappa shape index (κ1) is 22.8. The van der Waals surface area contributed by atoms with Gasteiger partial charge in [-0.3, -0.25) is 4.79 Å². The number of nitrogens with zero attached hydrogens (tertiary/aromatic N) is 3. The number of rotatable bonds is 7. The molecule has 0 radical (unpaired) electrons. The second-order valence-electron chi connectivity index (χ2n) is 8.34. The van der Waals surface area contributed by atoms with Crippen molar-refractivity contribution in [1.29, 1.82) is 0 Å². The van der Waals surface area contributed by atoms with Crippen LogP contribution >= 0.6 is 22.9 Å². The monoisotopic (exact) mass is 497 g/mol. The molecule has 1 aliphatic carbocycles. The Morgan fingerprint density at radius 2 is 2.09 bits per heavy atom. The van der Waals surface area contributed by atoms with Crippen molar-refractivity contribution in [3.05, 3.63) is 52.5 Å². The summed E-state index contributed by atoms with van der Waals surface area (Å²) in [6.45, 7) is 4.79. The molecule has 1 aromatic carbocycles. The van der Waals surface area contributed by atoms with Crippen LogP contribution in [0.1, 0.15) is 30.1 Å². The van der Waals surface area contributed by atoms with Gasteiger partial charge in [0.15, 0.2) is 0 Å². The standard InChI is InChI=1S/C24H24ClN5O3S/c1-2-30(14-6-10-27-11-7-14)23-28-12-17(25)20(29-23)16-13-34-18-5-3-4-15(19(16)18)21(31)33-24(8-9-24)22(26)32/h3-5,8-9,12-14,27H,2,6-7,10-11H2,1H3,(H2,26,32). The first-order valence-electron chi connectivity index (χ1n) is 11.2. The summed E-state index contributed by atoms with van der Waals surface area (Å²) in [6, 6.07) is 5.71. The molecule has 176 valence electrons. The van der Waals surface area contributed by atoms with Gasteiger partial charge in [0.2, 0.25) is 11.5 Å². The molecule has 0 saturated carbocycles. The van der Waals surface area contributed by atoms with Gasteiger partial charge in [-0.1, -0.05) is 17.7 Å². The summed E-state index contributed by atoms with van der Waals surface area (Å²) < 4.78 is 6.33. The summed E-state index contributed by atoms with van der Waals surface area (Å²) in [5.41, 5.74) is 5.55. The van der Waals surface area contributed by atoms with Crippen LogP contribution in [0.3, 0.4) is 0 Å². The van der Waals surface area contributed by atoms with E-state index in [1.165, 1.54) is 23.5 Å². The van der Waals surface area contributed by atoms with Crippen LogP contribution in [0.2, 0.25) is 5.02 Å². The number of primary amides is 1. The Kier molecular flexibility index (Phi) is 6.01. The molecule has 0 unspecified atom stereocenters. The van der Waals surface area contributed by atoms with Crippen molar-refractivity contribution < 1.29 is 14.3 Å². The summed E-state index contributed by atoms with van der Waals surface area (Å²) in [5.74, 6) is -0.743. The van der Waals surface area contributed by atoms with Gasteiger partial charge < -0.3 is 20.7 Å². The number of esters is 1. The number of hydrogen-bond acceptors (Lipinski definition) is 8. The van der Waals surface area contributed by atoms with Crippen molar-refractivity contribution in [1.82, 2.24) is 15.3 Å². The van der Waals surface area contributed by atoms with Crippen LogP contribution < -0.4 is 16.0 Å². The van der Waals surface area contributed by atoms with Gasteiger partial charge in [0.05, 0.1) is 22.5 Å². The number of thiophene rings is 1. The van der Waals surface area contributed by atoms with E-state index in [0.29, 0.717) is 33.7 Å². The zero-order valence-electron chi connectivity index (χ0n) is 18.6. The van der Waals surface area contributed by atoms with E-state index in [9.17, 15) is 9.59 Å². The van der Waals surface area contributed by atoms with E-state index in [1.54, 1.807) is 18.3 Å². The van der Waals surface area contributed by atoms with Gasteiger partial charge in [-0.05, 0) is 57.1 Å². The van der Waals surface area contributed by atoms with Crippen molar-refractivity contribution in [2.45, 2.75) is 31.4 Å². The lowest BCUT2D eigenvalue weighted by Crippen LogP contribution is -2.44. The molecule has 34 heavy (non-hydrogen) atoms. The molecule has 1 amide bonds. The van der Waals surface area contributed by atoms with Gasteiger partial charge in [-0.2, -0.15) is 0 Å². The Morgan fingerprint density at radius 3 is 2.76 bits per heavy atom. The minimum atomic E-state index is -1.44. The Morgan fingerprint density at radius 1 is 1.32 bits per heavy atom. The number of nitrogens with two attached hydrogens (primary N) is 1. The number of hydrogen-bond donors (Lipinski definition) is 2. The highest BCUT2D eigenvalue weighted by atomic mass is 35.5. The third kappa shape index (κ3) is 4.04. The summed E-state index contributed by atoms with van der Waals surface area (Å²) in [4.78, 5) is 36.4. The van der Waals surface area contributed by atoms with E-state index >= 15 is 0 Å². The first-order valence-corrected chi connectivity index (χ1v) is 12.4. The molecule has 0 bridgehead atoms. The second-order valence-corrected chi connectivity index (χ2v) is 9.66. The van der Waals surface area contributed by atoms with Crippen molar-refractivity contribution in [2.24, 2.45) is 5.73 Å². The Hall–Kier alpha value is -3.01. The lowest BCUT2D eigenvalue weighted by molar-refractivity contribution is -0.127. The molecule has 1 fully saturated rings. The minimum absolute atomic E-state index is 0.324. The predicted molar refractivity (Wildman–Crippen MR) is 133 cm³/mol. The largest absolute Gasteiger partial charge is 0.437 e. The molecule has 3 heterocycles. The smallest absolute Gasteiger partial charge is 0.340 e. The van der Waals surface area contributed by atoms with Gasteiger partial charge in [0, 0.05) is 33.6 Å². The number of carbonyl (C=O) groups excluding carboxylic acids is 2. The molecule has 3 N–H and O–H groups in total. The third-order valence-corrected chi connectivity index (χ3v) is 7.49. The number of carbonyl (C=O) groups is 2. The number of nitrogens with one attached hydrogen (secondary N) is 1. The van der Waals surface area contributed by atoms with E-state index in [1.807, 2.05) is 11.4 Å². The van der Waals surface area contributed by atoms with E-state index in [2.05, 4.69) is 22.1 Å². The lowest BCUT2D eigenvalue weighted by atomic mass is 10.0. The fraction of sp³-hybridized carbons (Fsp3) is 0.333. The Labute approximate surface area is 205 Å². The summed E-state index contributed by atoms with van der Waals surface area (Å²) in [5, 5.41) is 6.39. The molecule has 3 aromatic rings. The molecule has 0 atom stereocenters. The van der Waals surface area contributed by atoms with Gasteiger partial charge in [-0.15, -0.1) is 11.3 Å². The van der Waals surface area contributed by atoms with E-state index < -0.39 is 17.5 Å². The van der Waals surface area contributed by atoms with Gasteiger partial charge in [0.25, 0.3) is 5.91 Å². The molecule has 5 rings (SSSR count). The predicted octanol–water partition coefficient (Wildman–Crippen LogP) is 3.54. The van der Waals surface area contributed by atoms with Crippen LogP contribution in [0.4, 0.5) is 5.95 Å². The van der Waals surface area contributed by atoms with Crippen LogP contribution in [0.15, 0.2) is 41.9 Å². The Bertz CT molecular complexity index is 1300. The van der Waals surface area contributed by atoms with Crippen molar-refractivity contribution in [2.75, 3.05) is 24.5 Å². The molecule has 0 spiro atoms. The maximum absolute atomic E-state index is 13.1. The van der Waals surface area contributed by atoms with Crippen LogP contribution in [-0.2, 0) is 9.53 Å². The number of halogens is 1. The maximum Gasteiger partial charge on any atom is 0.340 e. The number of benzene rings is 1. The number of ether oxygens (including phenoxy) is 1. The fourth-order valence-electron chi connectivity index (χ4n) is 4.37. The summed E-state index contributed by atoms with van der Waals surface area (Å²) >= 11 is 8.06. The van der Waals surface area contributed by atoms with Crippen LogP contribution in [0, 0.1) is 0 Å². The SMILES string of the molecule is CCN(c1ncc(Cl)c(-c2csc3cccc(C(=O)OC4(C(N)=O)C=C4)c23)n1)C1CCNCC1. The molecular weight excluding hydrogens is 474 g/mol. The van der Waals surface area contributed by atoms with Crippen LogP contribution in [0.5, 0.6) is 0 Å². The molecule has 1 aliphatic heterocycles. The highest BCUT2D eigenvalue weighted by Gasteiger charge is 2.45. The zero-order valence-corrected chi connectivity index (χ0v) is 20.2. The molecular formula is C24H24ClN5O3S.